The van der Waals surface area contributed by atoms with E-state index in [1.165, 1.54) is 49.8 Å². The third-order valence-electron chi connectivity index (χ3n) is 5.44. The van der Waals surface area contributed by atoms with E-state index in [9.17, 15) is 4.79 Å². The molecular formula is C21H29NO2S. The van der Waals surface area contributed by atoms with Crippen molar-refractivity contribution in [1.29, 1.82) is 0 Å². The number of thiophene rings is 1. The molecule has 1 aromatic rings. The zero-order valence-electron chi connectivity index (χ0n) is 15.4. The quantitative estimate of drug-likeness (QED) is 0.495. The summed E-state index contributed by atoms with van der Waals surface area (Å²) in [6.07, 6.45) is 10.5. The number of ether oxygens (including phenoxy) is 1. The minimum Gasteiger partial charge on any atom is -0.447 e. The molecule has 3 rings (SSSR count). The molecule has 4 heteroatoms. The third kappa shape index (κ3) is 4.79. The van der Waals surface area contributed by atoms with E-state index < -0.39 is 0 Å². The number of carbonyl (C=O) groups is 1. The number of nitrogens with zero attached hydrogens (tertiary/aromatic N) is 1. The van der Waals surface area contributed by atoms with E-state index in [0.717, 1.165) is 17.2 Å². The van der Waals surface area contributed by atoms with Gasteiger partial charge in [0.1, 0.15) is 6.61 Å². The van der Waals surface area contributed by atoms with Crippen molar-refractivity contribution in [2.75, 3.05) is 6.61 Å². The van der Waals surface area contributed by atoms with Crippen molar-refractivity contribution in [2.24, 2.45) is 5.92 Å². The molecule has 0 N–H and O–H groups in total. The molecule has 2 fully saturated rings. The minimum absolute atomic E-state index is 0.0526. The van der Waals surface area contributed by atoms with Crippen LogP contribution < -0.4 is 0 Å². The highest BCUT2D eigenvalue weighted by molar-refractivity contribution is 7.12. The lowest BCUT2D eigenvalue weighted by Crippen LogP contribution is -2.33. The number of rotatable bonds is 5. The van der Waals surface area contributed by atoms with Crippen LogP contribution in [0.2, 0.25) is 0 Å². The lowest BCUT2D eigenvalue weighted by atomic mass is 9.86. The molecule has 0 bridgehead atoms. The van der Waals surface area contributed by atoms with E-state index in [2.05, 4.69) is 30.9 Å². The number of cyclic esters (lactones) is 1. The van der Waals surface area contributed by atoms with Gasteiger partial charge in [-0.2, -0.15) is 0 Å². The Morgan fingerprint density at radius 3 is 2.84 bits per heavy atom. The predicted octanol–water partition coefficient (Wildman–Crippen LogP) is 5.75. The second-order valence-corrected chi connectivity index (χ2v) is 8.52. The van der Waals surface area contributed by atoms with Crippen molar-refractivity contribution >= 4 is 17.4 Å². The average molecular weight is 360 g/mol. The number of carbonyl (C=O) groups excluding carboxylic acids is 1. The minimum atomic E-state index is -0.205. The molecule has 25 heavy (non-hydrogen) atoms. The Balaban J connectivity index is 1.47. The second-order valence-electron chi connectivity index (χ2n) is 7.41. The summed E-state index contributed by atoms with van der Waals surface area (Å²) < 4.78 is 5.13. The van der Waals surface area contributed by atoms with Gasteiger partial charge in [0.2, 0.25) is 0 Å². The second kappa shape index (κ2) is 8.76. The lowest BCUT2D eigenvalue weighted by Gasteiger charge is -2.24. The Bertz CT molecular complexity index is 636. The van der Waals surface area contributed by atoms with E-state index in [0.29, 0.717) is 6.61 Å². The van der Waals surface area contributed by atoms with E-state index >= 15 is 0 Å². The van der Waals surface area contributed by atoms with Crippen LogP contribution in [0.1, 0.15) is 81.0 Å². The third-order valence-corrected chi connectivity index (χ3v) is 6.61. The molecule has 1 unspecified atom stereocenters. The van der Waals surface area contributed by atoms with Gasteiger partial charge in [-0.1, -0.05) is 43.9 Å². The monoisotopic (exact) mass is 359 g/mol. The standard InChI is InChI=1S/C21H29NO2S/c1-16-15-24-21(23)22(16)17(2)20-14-13-19(25-20)12-8-4-7-11-18-9-5-3-6-10-18/h13-14,16-18H,3-7,9-11,15H2,1-2H3/t16-,17?/m1/s1. The highest BCUT2D eigenvalue weighted by Gasteiger charge is 2.34. The maximum absolute atomic E-state index is 11.9. The zero-order valence-corrected chi connectivity index (χ0v) is 16.2. The van der Waals surface area contributed by atoms with Gasteiger partial charge < -0.3 is 4.74 Å². The van der Waals surface area contributed by atoms with Crippen molar-refractivity contribution < 1.29 is 9.53 Å². The Hall–Kier alpha value is -1.47. The van der Waals surface area contributed by atoms with E-state index in [4.69, 9.17) is 4.74 Å². The summed E-state index contributed by atoms with van der Waals surface area (Å²) in [5, 5.41) is 0. The number of hydrogen-bond acceptors (Lipinski definition) is 3. The van der Waals surface area contributed by atoms with Gasteiger partial charge in [-0.3, -0.25) is 4.90 Å². The normalized spacial score (nSPS) is 22.4. The van der Waals surface area contributed by atoms with Gasteiger partial charge in [-0.05, 0) is 44.7 Å². The maximum Gasteiger partial charge on any atom is 0.410 e. The van der Waals surface area contributed by atoms with Crippen LogP contribution in [0.4, 0.5) is 4.79 Å². The predicted molar refractivity (Wildman–Crippen MR) is 103 cm³/mol. The van der Waals surface area contributed by atoms with Crippen LogP contribution in [0.5, 0.6) is 0 Å². The van der Waals surface area contributed by atoms with Gasteiger partial charge in [-0.25, -0.2) is 4.79 Å². The van der Waals surface area contributed by atoms with Gasteiger partial charge >= 0.3 is 6.09 Å². The summed E-state index contributed by atoms with van der Waals surface area (Å²) >= 11 is 1.69. The summed E-state index contributed by atoms with van der Waals surface area (Å²) in [7, 11) is 0. The summed E-state index contributed by atoms with van der Waals surface area (Å²) in [5.41, 5.74) is 0. The van der Waals surface area contributed by atoms with Gasteiger partial charge in [0.05, 0.1) is 17.0 Å². The highest BCUT2D eigenvalue weighted by Crippen LogP contribution is 2.31. The summed E-state index contributed by atoms with van der Waals surface area (Å²) in [5.74, 6) is 7.59. The first-order valence-corrected chi connectivity index (χ1v) is 10.5. The molecule has 2 heterocycles. The Morgan fingerprint density at radius 1 is 1.32 bits per heavy atom. The van der Waals surface area contributed by atoms with Crippen LogP contribution >= 0.6 is 11.3 Å². The molecule has 0 aromatic carbocycles. The molecule has 2 aliphatic rings. The van der Waals surface area contributed by atoms with E-state index in [1.807, 2.05) is 11.8 Å². The summed E-state index contributed by atoms with van der Waals surface area (Å²) in [4.78, 5) is 16.0. The fraction of sp³-hybridized carbons (Fsp3) is 0.667. The van der Waals surface area contributed by atoms with Crippen LogP contribution in [0.25, 0.3) is 0 Å². The van der Waals surface area contributed by atoms with Gasteiger partial charge in [0.25, 0.3) is 0 Å². The summed E-state index contributed by atoms with van der Waals surface area (Å²) in [6.45, 7) is 4.58. The Kier molecular flexibility index (Phi) is 6.42. The lowest BCUT2D eigenvalue weighted by molar-refractivity contribution is 0.148. The maximum atomic E-state index is 11.9. The first-order chi connectivity index (χ1) is 12.1. The molecule has 1 aromatic heterocycles. The first-order valence-electron chi connectivity index (χ1n) is 9.69. The molecule has 2 atom stereocenters. The van der Waals surface area contributed by atoms with Crippen molar-refractivity contribution in [3.8, 4) is 11.8 Å². The molecular weight excluding hydrogens is 330 g/mol. The molecule has 0 spiro atoms. The highest BCUT2D eigenvalue weighted by atomic mass is 32.1. The number of unbranched alkanes of at least 4 members (excludes halogenated alkanes) is 1. The van der Waals surface area contributed by atoms with Crippen LogP contribution in [0, 0.1) is 17.8 Å². The molecule has 1 amide bonds. The molecule has 1 aliphatic heterocycles. The smallest absolute Gasteiger partial charge is 0.410 e. The molecule has 136 valence electrons. The largest absolute Gasteiger partial charge is 0.447 e. The van der Waals surface area contributed by atoms with Crippen molar-refractivity contribution in [1.82, 2.24) is 4.90 Å². The SMILES string of the molecule is CC(c1ccc(C#CCCCC2CCCCC2)s1)N1C(=O)OC[C@H]1C. The van der Waals surface area contributed by atoms with Crippen molar-refractivity contribution in [3.05, 3.63) is 21.9 Å². The molecule has 1 aliphatic carbocycles. The average Bonchev–Trinajstić information content (AvgIpc) is 3.22. The molecule has 0 radical (unpaired) electrons. The van der Waals surface area contributed by atoms with Gasteiger partial charge in [-0.15, -0.1) is 11.3 Å². The van der Waals surface area contributed by atoms with Gasteiger partial charge in [0, 0.05) is 11.3 Å². The van der Waals surface area contributed by atoms with Crippen LogP contribution in [0.3, 0.4) is 0 Å². The fourth-order valence-electron chi connectivity index (χ4n) is 3.95. The molecule has 3 nitrogen and oxygen atoms in total. The van der Waals surface area contributed by atoms with Crippen LogP contribution in [-0.2, 0) is 4.74 Å². The Morgan fingerprint density at radius 2 is 2.12 bits per heavy atom. The van der Waals surface area contributed by atoms with Crippen molar-refractivity contribution in [2.45, 2.75) is 77.3 Å². The van der Waals surface area contributed by atoms with Crippen LogP contribution in [-0.4, -0.2) is 23.6 Å². The topological polar surface area (TPSA) is 29.5 Å². The fourth-order valence-corrected chi connectivity index (χ4v) is 4.89. The Labute approximate surface area is 155 Å². The summed E-state index contributed by atoms with van der Waals surface area (Å²) in [6, 6.07) is 4.37. The van der Waals surface area contributed by atoms with Crippen molar-refractivity contribution in [3.63, 3.8) is 0 Å². The number of hydrogen-bond donors (Lipinski definition) is 0. The zero-order chi connectivity index (χ0) is 17.6. The first kappa shape index (κ1) is 18.3. The van der Waals surface area contributed by atoms with E-state index in [-0.39, 0.29) is 18.2 Å². The van der Waals surface area contributed by atoms with Gasteiger partial charge in [0.15, 0.2) is 0 Å². The molecule has 1 saturated carbocycles. The number of amides is 1. The van der Waals surface area contributed by atoms with E-state index in [1.54, 1.807) is 11.3 Å². The molecule has 1 saturated heterocycles. The van der Waals surface area contributed by atoms with Crippen LogP contribution in [0.15, 0.2) is 12.1 Å².